The summed E-state index contributed by atoms with van der Waals surface area (Å²) >= 11 is 0. The minimum atomic E-state index is -0.267. The van der Waals surface area contributed by atoms with Gasteiger partial charge in [0.1, 0.15) is 5.82 Å². The predicted molar refractivity (Wildman–Crippen MR) is 71.0 cm³/mol. The summed E-state index contributed by atoms with van der Waals surface area (Å²) in [5, 5.41) is 7.12. The Kier molecular flexibility index (Phi) is 3.66. The van der Waals surface area contributed by atoms with Crippen molar-refractivity contribution in [2.75, 3.05) is 0 Å². The number of aryl methyl sites for hydroxylation is 1. The van der Waals surface area contributed by atoms with E-state index in [1.165, 1.54) is 6.07 Å². The van der Waals surface area contributed by atoms with Gasteiger partial charge >= 0.3 is 0 Å². The monoisotopic (exact) mass is 263 g/mol. The first-order valence-corrected chi connectivity index (χ1v) is 6.19. The summed E-state index contributed by atoms with van der Waals surface area (Å²) < 4.78 is 18.6. The van der Waals surface area contributed by atoms with E-state index in [4.69, 9.17) is 4.52 Å². The van der Waals surface area contributed by atoms with Gasteiger partial charge in [-0.05, 0) is 39.3 Å². The molecule has 102 valence electrons. The molecule has 0 amide bonds. The molecule has 0 aliphatic rings. The van der Waals surface area contributed by atoms with E-state index in [-0.39, 0.29) is 11.4 Å². The Hall–Kier alpha value is -1.75. The Bertz CT molecular complexity index is 572. The molecule has 1 heterocycles. The molecule has 2 rings (SSSR count). The number of nitrogens with zero attached hydrogens (tertiary/aromatic N) is 2. The number of hydrogen-bond acceptors (Lipinski definition) is 4. The lowest BCUT2D eigenvalue weighted by Gasteiger charge is -2.18. The van der Waals surface area contributed by atoms with Gasteiger partial charge in [-0.3, -0.25) is 0 Å². The third-order valence-corrected chi connectivity index (χ3v) is 2.67. The summed E-state index contributed by atoms with van der Waals surface area (Å²) in [6.07, 6.45) is 0. The molecule has 4 nitrogen and oxygen atoms in total. The number of rotatable bonds is 3. The van der Waals surface area contributed by atoms with Crippen LogP contribution in [0.3, 0.4) is 0 Å². The van der Waals surface area contributed by atoms with Gasteiger partial charge in [0, 0.05) is 11.1 Å². The molecule has 0 aliphatic carbocycles. The maximum atomic E-state index is 13.5. The topological polar surface area (TPSA) is 51.0 Å². The van der Waals surface area contributed by atoms with Crippen LogP contribution in [0.25, 0.3) is 11.4 Å². The summed E-state index contributed by atoms with van der Waals surface area (Å²) in [6.45, 7) is 8.37. The predicted octanol–water partition coefficient (Wildman–Crippen LogP) is 3.07. The smallest absolute Gasteiger partial charge is 0.240 e. The Morgan fingerprint density at radius 2 is 2.05 bits per heavy atom. The van der Waals surface area contributed by atoms with Crippen molar-refractivity contribution in [2.24, 2.45) is 0 Å². The number of aromatic nitrogens is 2. The summed E-state index contributed by atoms with van der Waals surface area (Å²) in [4.78, 5) is 4.25. The molecule has 2 aromatic rings. The molecule has 0 saturated heterocycles. The van der Waals surface area contributed by atoms with Gasteiger partial charge < -0.3 is 9.84 Å². The van der Waals surface area contributed by atoms with Crippen LogP contribution < -0.4 is 5.32 Å². The molecular formula is C14H18FN3O. The number of nitrogens with one attached hydrogen (secondary N) is 1. The van der Waals surface area contributed by atoms with E-state index in [9.17, 15) is 4.39 Å². The van der Waals surface area contributed by atoms with Crippen LogP contribution in [-0.4, -0.2) is 15.7 Å². The van der Waals surface area contributed by atoms with Crippen LogP contribution in [-0.2, 0) is 6.54 Å². The average molecular weight is 263 g/mol. The second kappa shape index (κ2) is 5.09. The molecule has 0 saturated carbocycles. The van der Waals surface area contributed by atoms with Crippen LogP contribution in [0.4, 0.5) is 4.39 Å². The van der Waals surface area contributed by atoms with Crippen LogP contribution in [0.2, 0.25) is 0 Å². The highest BCUT2D eigenvalue weighted by atomic mass is 19.1. The van der Waals surface area contributed by atoms with Crippen LogP contribution in [0.5, 0.6) is 0 Å². The second-order valence-corrected chi connectivity index (χ2v) is 5.58. The first kappa shape index (κ1) is 13.7. The highest BCUT2D eigenvalue weighted by Gasteiger charge is 2.13. The van der Waals surface area contributed by atoms with Gasteiger partial charge in [0.25, 0.3) is 0 Å². The molecular weight excluding hydrogens is 245 g/mol. The van der Waals surface area contributed by atoms with E-state index in [1.807, 2.05) is 0 Å². The second-order valence-electron chi connectivity index (χ2n) is 5.58. The molecule has 0 bridgehead atoms. The molecule has 1 N–H and O–H groups in total. The standard InChI is InChI=1S/C14H18FN3O/c1-9-5-6-10(7-11(9)15)13-17-12(19-18-13)8-16-14(2,3)4/h5-7,16H,8H2,1-4H3. The molecule has 0 aliphatic heterocycles. The van der Waals surface area contributed by atoms with Crippen molar-refractivity contribution >= 4 is 0 Å². The lowest BCUT2D eigenvalue weighted by Crippen LogP contribution is -2.35. The van der Waals surface area contributed by atoms with E-state index < -0.39 is 0 Å². The van der Waals surface area contributed by atoms with Crippen LogP contribution in [0.15, 0.2) is 22.7 Å². The fourth-order valence-corrected chi connectivity index (χ4v) is 1.52. The first-order chi connectivity index (χ1) is 8.85. The molecule has 5 heteroatoms. The summed E-state index contributed by atoms with van der Waals surface area (Å²) in [5.74, 6) is 0.632. The number of benzene rings is 1. The largest absolute Gasteiger partial charge is 0.338 e. The molecule has 0 spiro atoms. The molecule has 1 aromatic heterocycles. The van der Waals surface area contributed by atoms with Crippen molar-refractivity contribution in [3.05, 3.63) is 35.5 Å². The van der Waals surface area contributed by atoms with Gasteiger partial charge in [-0.2, -0.15) is 4.98 Å². The van der Waals surface area contributed by atoms with Crippen molar-refractivity contribution in [1.82, 2.24) is 15.5 Å². The maximum Gasteiger partial charge on any atom is 0.240 e. The molecule has 1 aromatic carbocycles. The van der Waals surface area contributed by atoms with Crippen molar-refractivity contribution in [2.45, 2.75) is 39.8 Å². The zero-order valence-corrected chi connectivity index (χ0v) is 11.6. The first-order valence-electron chi connectivity index (χ1n) is 6.19. The number of halogens is 1. The summed E-state index contributed by atoms with van der Waals surface area (Å²) in [5.41, 5.74) is 1.20. The molecule has 0 atom stereocenters. The molecule has 19 heavy (non-hydrogen) atoms. The quantitative estimate of drug-likeness (QED) is 0.924. The third-order valence-electron chi connectivity index (χ3n) is 2.67. The van der Waals surface area contributed by atoms with Crippen molar-refractivity contribution < 1.29 is 8.91 Å². The normalized spacial score (nSPS) is 11.8. The molecule has 0 radical (unpaired) electrons. The zero-order chi connectivity index (χ0) is 14.0. The lowest BCUT2D eigenvalue weighted by atomic mass is 10.1. The average Bonchev–Trinajstić information content (AvgIpc) is 2.78. The highest BCUT2D eigenvalue weighted by Crippen LogP contribution is 2.19. The SMILES string of the molecule is Cc1ccc(-c2noc(CNC(C)(C)C)n2)cc1F. The number of hydrogen-bond donors (Lipinski definition) is 1. The minimum absolute atomic E-state index is 0.0232. The van der Waals surface area contributed by atoms with Crippen molar-refractivity contribution in [3.63, 3.8) is 0 Å². The van der Waals surface area contributed by atoms with Crippen molar-refractivity contribution in [1.29, 1.82) is 0 Å². The molecule has 0 unspecified atom stereocenters. The Morgan fingerprint density at radius 1 is 1.32 bits per heavy atom. The van der Waals surface area contributed by atoms with Crippen molar-refractivity contribution in [3.8, 4) is 11.4 Å². The third kappa shape index (κ3) is 3.61. The van der Waals surface area contributed by atoms with E-state index in [2.05, 4.69) is 36.2 Å². The van der Waals surface area contributed by atoms with E-state index in [0.29, 0.717) is 29.4 Å². The van der Waals surface area contributed by atoms with E-state index >= 15 is 0 Å². The van der Waals surface area contributed by atoms with Gasteiger partial charge in [-0.15, -0.1) is 0 Å². The van der Waals surface area contributed by atoms with E-state index in [1.54, 1.807) is 19.1 Å². The van der Waals surface area contributed by atoms with Crippen LogP contribution in [0, 0.1) is 12.7 Å². The summed E-state index contributed by atoms with van der Waals surface area (Å²) in [6, 6.07) is 4.90. The summed E-state index contributed by atoms with van der Waals surface area (Å²) in [7, 11) is 0. The van der Waals surface area contributed by atoms with Gasteiger partial charge in [-0.1, -0.05) is 17.3 Å². The Morgan fingerprint density at radius 3 is 2.68 bits per heavy atom. The fourth-order valence-electron chi connectivity index (χ4n) is 1.52. The van der Waals surface area contributed by atoms with Crippen LogP contribution >= 0.6 is 0 Å². The van der Waals surface area contributed by atoms with Gasteiger partial charge in [0.15, 0.2) is 0 Å². The van der Waals surface area contributed by atoms with Gasteiger partial charge in [-0.25, -0.2) is 4.39 Å². The lowest BCUT2D eigenvalue weighted by molar-refractivity contribution is 0.336. The van der Waals surface area contributed by atoms with Gasteiger partial charge in [0.05, 0.1) is 6.54 Å². The Balaban J connectivity index is 2.14. The zero-order valence-electron chi connectivity index (χ0n) is 11.6. The van der Waals surface area contributed by atoms with Crippen LogP contribution in [0.1, 0.15) is 32.2 Å². The minimum Gasteiger partial charge on any atom is -0.338 e. The fraction of sp³-hybridized carbons (Fsp3) is 0.429. The highest BCUT2D eigenvalue weighted by molar-refractivity contribution is 5.54. The van der Waals surface area contributed by atoms with E-state index in [0.717, 1.165) is 0 Å². The maximum absolute atomic E-state index is 13.5. The molecule has 0 fully saturated rings. The van der Waals surface area contributed by atoms with Gasteiger partial charge in [0.2, 0.25) is 11.7 Å². The Labute approximate surface area is 112 Å².